The van der Waals surface area contributed by atoms with Gasteiger partial charge in [0, 0.05) is 42.9 Å². The lowest BCUT2D eigenvalue weighted by Gasteiger charge is -2.23. The molecule has 1 aliphatic rings. The number of likely N-dealkylation sites (tertiary alicyclic amines) is 1. The summed E-state index contributed by atoms with van der Waals surface area (Å²) in [5, 5.41) is 10.2. The zero-order chi connectivity index (χ0) is 22.5. The Morgan fingerprint density at radius 1 is 1.22 bits per heavy atom. The molecule has 1 fully saturated rings. The van der Waals surface area contributed by atoms with E-state index in [1.807, 2.05) is 11.0 Å². The largest absolute Gasteiger partial charge is 0.493 e. The van der Waals surface area contributed by atoms with Gasteiger partial charge in [0.25, 0.3) is 5.91 Å². The van der Waals surface area contributed by atoms with Crippen LogP contribution in [0.3, 0.4) is 0 Å². The number of halogens is 1. The van der Waals surface area contributed by atoms with Crippen LogP contribution in [0.4, 0.5) is 10.1 Å². The summed E-state index contributed by atoms with van der Waals surface area (Å²) >= 11 is 0. The number of aromatic nitrogens is 2. The minimum Gasteiger partial charge on any atom is -0.493 e. The maximum Gasteiger partial charge on any atom is 0.254 e. The zero-order valence-corrected chi connectivity index (χ0v) is 17.8. The summed E-state index contributed by atoms with van der Waals surface area (Å²) in [5.74, 6) is -0.0517. The number of benzene rings is 2. The van der Waals surface area contributed by atoms with Gasteiger partial charge >= 0.3 is 0 Å². The maximum atomic E-state index is 13.2. The van der Waals surface area contributed by atoms with Gasteiger partial charge in [-0.2, -0.15) is 5.10 Å². The molecule has 2 amide bonds. The molecule has 166 valence electrons. The second-order valence-corrected chi connectivity index (χ2v) is 7.79. The van der Waals surface area contributed by atoms with E-state index in [4.69, 9.17) is 4.74 Å². The summed E-state index contributed by atoms with van der Waals surface area (Å²) in [6.07, 6.45) is 2.35. The molecule has 1 atom stereocenters. The second-order valence-electron chi connectivity index (χ2n) is 7.79. The Morgan fingerprint density at radius 2 is 2.03 bits per heavy atom. The van der Waals surface area contributed by atoms with Gasteiger partial charge in [0.2, 0.25) is 5.91 Å². The van der Waals surface area contributed by atoms with Crippen molar-refractivity contribution >= 4 is 17.5 Å². The molecule has 8 heteroatoms. The summed E-state index contributed by atoms with van der Waals surface area (Å²) in [5.41, 5.74) is 2.96. The lowest BCUT2D eigenvalue weighted by molar-refractivity contribution is -0.114. The van der Waals surface area contributed by atoms with Crippen molar-refractivity contribution < 1.29 is 18.7 Å². The molecule has 2 aromatic carbocycles. The highest BCUT2D eigenvalue weighted by Gasteiger charge is 2.32. The first kappa shape index (κ1) is 21.5. The number of rotatable bonds is 7. The van der Waals surface area contributed by atoms with Crippen LogP contribution in [0.15, 0.2) is 54.6 Å². The molecule has 0 bridgehead atoms. The van der Waals surface area contributed by atoms with Gasteiger partial charge in [-0.3, -0.25) is 14.7 Å². The molecule has 2 N–H and O–H groups in total. The molecule has 0 saturated carbocycles. The van der Waals surface area contributed by atoms with Gasteiger partial charge in [0.05, 0.1) is 18.3 Å². The Morgan fingerprint density at radius 3 is 2.78 bits per heavy atom. The van der Waals surface area contributed by atoms with E-state index in [1.165, 1.54) is 19.1 Å². The number of nitrogens with zero attached hydrogens (tertiary/aromatic N) is 2. The molecule has 7 nitrogen and oxygen atoms in total. The topological polar surface area (TPSA) is 87.3 Å². The molecule has 3 aromatic rings. The smallest absolute Gasteiger partial charge is 0.254 e. The Kier molecular flexibility index (Phi) is 6.49. The highest BCUT2D eigenvalue weighted by Crippen LogP contribution is 2.32. The van der Waals surface area contributed by atoms with Crippen LogP contribution in [0.2, 0.25) is 0 Å². The monoisotopic (exact) mass is 436 g/mol. The third-order valence-corrected chi connectivity index (χ3v) is 5.39. The van der Waals surface area contributed by atoms with Gasteiger partial charge in [0.15, 0.2) is 0 Å². The van der Waals surface area contributed by atoms with Gasteiger partial charge in [-0.25, -0.2) is 4.39 Å². The van der Waals surface area contributed by atoms with E-state index in [0.29, 0.717) is 36.6 Å². The van der Waals surface area contributed by atoms with Gasteiger partial charge in [0.1, 0.15) is 11.6 Å². The quantitative estimate of drug-likeness (QED) is 0.584. The summed E-state index contributed by atoms with van der Waals surface area (Å²) < 4.78 is 18.8. The van der Waals surface area contributed by atoms with Crippen molar-refractivity contribution in [2.24, 2.45) is 0 Å². The molecule has 1 saturated heterocycles. The minimum absolute atomic E-state index is 0.0548. The number of H-pyrrole nitrogens is 1. The second kappa shape index (κ2) is 9.64. The number of hydrogen-bond donors (Lipinski definition) is 2. The predicted octanol–water partition coefficient (Wildman–Crippen LogP) is 4.11. The Labute approximate surface area is 185 Å². The van der Waals surface area contributed by atoms with Gasteiger partial charge in [-0.15, -0.1) is 0 Å². The number of anilines is 1. The number of amides is 2. The van der Waals surface area contributed by atoms with E-state index in [0.717, 1.165) is 24.2 Å². The van der Waals surface area contributed by atoms with Crippen LogP contribution < -0.4 is 10.1 Å². The first-order chi connectivity index (χ1) is 15.5. The lowest BCUT2D eigenvalue weighted by Crippen LogP contribution is -2.30. The normalized spacial score (nSPS) is 15.6. The average molecular weight is 436 g/mol. The summed E-state index contributed by atoms with van der Waals surface area (Å²) in [6.45, 7) is 2.50. The van der Waals surface area contributed by atoms with Crippen LogP contribution in [0, 0.1) is 5.82 Å². The fraction of sp³-hybridized carbons (Fsp3) is 0.292. The number of nitrogens with one attached hydrogen (secondary N) is 2. The standard InChI is InChI=1S/C24H25FN4O3/c1-16(30)26-19-9-7-17(8-10-19)24(31)29-12-3-6-23(29)22-15-20(27-28-22)11-13-32-21-5-2-4-18(25)14-21/h2,4-5,7-10,14-15,23H,3,6,11-13H2,1H3,(H,26,30)(H,27,28)/t23-/m0/s1. The van der Waals surface area contributed by atoms with E-state index in [1.54, 1.807) is 36.4 Å². The molecule has 32 heavy (non-hydrogen) atoms. The summed E-state index contributed by atoms with van der Waals surface area (Å²) in [7, 11) is 0. The van der Waals surface area contributed by atoms with Crippen LogP contribution in [0.1, 0.15) is 47.6 Å². The fourth-order valence-electron chi connectivity index (χ4n) is 3.90. The van der Waals surface area contributed by atoms with Gasteiger partial charge in [-0.05, 0) is 55.3 Å². The molecule has 2 heterocycles. The molecule has 1 aromatic heterocycles. The first-order valence-electron chi connectivity index (χ1n) is 10.6. The minimum atomic E-state index is -0.331. The molecule has 4 rings (SSSR count). The van der Waals surface area contributed by atoms with Gasteiger partial charge in [-0.1, -0.05) is 6.07 Å². The fourth-order valence-corrected chi connectivity index (χ4v) is 3.90. The van der Waals surface area contributed by atoms with Crippen molar-refractivity contribution in [1.29, 1.82) is 0 Å². The number of carbonyl (C=O) groups excluding carboxylic acids is 2. The molecule has 0 unspecified atom stereocenters. The highest BCUT2D eigenvalue weighted by molar-refractivity contribution is 5.95. The molecular formula is C24H25FN4O3. The van der Waals surface area contributed by atoms with Crippen molar-refractivity contribution in [3.63, 3.8) is 0 Å². The van der Waals surface area contributed by atoms with Crippen LogP contribution in [-0.4, -0.2) is 40.1 Å². The lowest BCUT2D eigenvalue weighted by atomic mass is 10.1. The summed E-state index contributed by atoms with van der Waals surface area (Å²) in [4.78, 5) is 26.1. The number of ether oxygens (including phenoxy) is 1. The molecule has 1 aliphatic heterocycles. The van der Waals surface area contributed by atoms with Crippen molar-refractivity contribution in [1.82, 2.24) is 15.1 Å². The Bertz CT molecular complexity index is 1100. The molecule has 0 radical (unpaired) electrons. The SMILES string of the molecule is CC(=O)Nc1ccc(C(=O)N2CCC[C@H]2c2cc(CCOc3cccc(F)c3)[nH]n2)cc1. The number of aromatic amines is 1. The number of carbonyl (C=O) groups is 2. The van der Waals surface area contributed by atoms with E-state index >= 15 is 0 Å². The third kappa shape index (κ3) is 5.14. The van der Waals surface area contributed by atoms with E-state index in [-0.39, 0.29) is 23.7 Å². The Balaban J connectivity index is 1.37. The molecule has 0 spiro atoms. The average Bonchev–Trinajstić information content (AvgIpc) is 3.43. The van der Waals surface area contributed by atoms with E-state index in [9.17, 15) is 14.0 Å². The van der Waals surface area contributed by atoms with Crippen molar-refractivity contribution in [2.75, 3.05) is 18.5 Å². The molecule has 0 aliphatic carbocycles. The van der Waals surface area contributed by atoms with Crippen molar-refractivity contribution in [3.05, 3.63) is 77.4 Å². The Hall–Kier alpha value is -3.68. The van der Waals surface area contributed by atoms with E-state index in [2.05, 4.69) is 15.5 Å². The highest BCUT2D eigenvalue weighted by atomic mass is 19.1. The van der Waals surface area contributed by atoms with Gasteiger partial charge < -0.3 is 15.0 Å². The van der Waals surface area contributed by atoms with Crippen molar-refractivity contribution in [3.8, 4) is 5.75 Å². The van der Waals surface area contributed by atoms with Crippen LogP contribution >= 0.6 is 0 Å². The van der Waals surface area contributed by atoms with Crippen LogP contribution in [0.25, 0.3) is 0 Å². The third-order valence-electron chi connectivity index (χ3n) is 5.39. The van der Waals surface area contributed by atoms with Crippen LogP contribution in [-0.2, 0) is 11.2 Å². The first-order valence-corrected chi connectivity index (χ1v) is 10.6. The summed E-state index contributed by atoms with van der Waals surface area (Å²) in [6, 6.07) is 14.8. The van der Waals surface area contributed by atoms with Crippen molar-refractivity contribution in [2.45, 2.75) is 32.2 Å². The van der Waals surface area contributed by atoms with E-state index < -0.39 is 0 Å². The zero-order valence-electron chi connectivity index (χ0n) is 17.8. The number of hydrogen-bond acceptors (Lipinski definition) is 4. The molecular weight excluding hydrogens is 411 g/mol. The maximum absolute atomic E-state index is 13.2. The predicted molar refractivity (Wildman–Crippen MR) is 118 cm³/mol. The van der Waals surface area contributed by atoms with Crippen LogP contribution in [0.5, 0.6) is 5.75 Å².